The number of para-hydroxylation sites is 2. The predicted molar refractivity (Wildman–Crippen MR) is 93.3 cm³/mol. The van der Waals surface area contributed by atoms with Crippen LogP contribution < -0.4 is 14.8 Å². The van der Waals surface area contributed by atoms with Gasteiger partial charge in [-0.15, -0.1) is 0 Å². The second kappa shape index (κ2) is 7.10. The minimum Gasteiger partial charge on any atom is -0.493 e. The summed E-state index contributed by atoms with van der Waals surface area (Å²) >= 11 is 0. The second-order valence-corrected chi connectivity index (χ2v) is 7.15. The van der Waals surface area contributed by atoms with Crippen molar-refractivity contribution in [2.75, 3.05) is 34.4 Å². The molecule has 0 radical (unpaired) electrons. The molecule has 0 aromatic heterocycles. The van der Waals surface area contributed by atoms with Crippen LogP contribution in [0.2, 0.25) is 0 Å². The molecule has 2 heterocycles. The molecule has 2 unspecified atom stereocenters. The van der Waals surface area contributed by atoms with Crippen LogP contribution in [-0.2, 0) is 0 Å². The number of rotatable bonds is 2. The first kappa shape index (κ1) is 16.6. The third kappa shape index (κ3) is 3.48. The fourth-order valence-electron chi connectivity index (χ4n) is 4.36. The Morgan fingerprint density at radius 1 is 1.09 bits per heavy atom. The van der Waals surface area contributed by atoms with Crippen molar-refractivity contribution < 1.29 is 9.47 Å². The first-order valence-corrected chi connectivity index (χ1v) is 8.80. The van der Waals surface area contributed by atoms with Crippen molar-refractivity contribution in [1.29, 1.82) is 0 Å². The summed E-state index contributed by atoms with van der Waals surface area (Å²) in [6.45, 7) is 2.60. The van der Waals surface area contributed by atoms with Gasteiger partial charge in [-0.2, -0.15) is 0 Å². The van der Waals surface area contributed by atoms with E-state index in [0.717, 1.165) is 23.5 Å². The lowest BCUT2D eigenvalue weighted by Gasteiger charge is -2.50. The molecule has 4 rings (SSSR count). The molecular formula is C19H30N2O2. The van der Waals surface area contributed by atoms with E-state index in [-0.39, 0.29) is 0 Å². The second-order valence-electron chi connectivity index (χ2n) is 7.15. The van der Waals surface area contributed by atoms with Gasteiger partial charge in [0, 0.05) is 11.6 Å². The van der Waals surface area contributed by atoms with Gasteiger partial charge in [0.05, 0.1) is 14.2 Å². The molecule has 1 saturated carbocycles. The molecule has 4 nitrogen and oxygen atoms in total. The van der Waals surface area contributed by atoms with Crippen LogP contribution in [0.15, 0.2) is 24.3 Å². The summed E-state index contributed by atoms with van der Waals surface area (Å²) in [5.41, 5.74) is 0.583. The van der Waals surface area contributed by atoms with E-state index in [4.69, 9.17) is 9.47 Å². The third-order valence-corrected chi connectivity index (χ3v) is 5.95. The molecule has 3 atom stereocenters. The maximum absolute atomic E-state index is 5.01. The lowest BCUT2D eigenvalue weighted by Crippen LogP contribution is -2.61. The summed E-state index contributed by atoms with van der Waals surface area (Å²) < 4.78 is 10.0. The number of likely N-dealkylation sites (tertiary alicyclic amines) is 1. The minimum atomic E-state index is 0.583. The van der Waals surface area contributed by atoms with E-state index in [1.54, 1.807) is 14.2 Å². The summed E-state index contributed by atoms with van der Waals surface area (Å²) in [7, 11) is 5.55. The van der Waals surface area contributed by atoms with Gasteiger partial charge in [0.1, 0.15) is 0 Å². The number of methoxy groups -OCH3 is 2. The fourth-order valence-corrected chi connectivity index (χ4v) is 4.36. The Bertz CT molecular complexity index is 493. The van der Waals surface area contributed by atoms with E-state index in [0.29, 0.717) is 5.54 Å². The normalized spacial score (nSPS) is 32.5. The number of nitrogens with zero attached hydrogens (tertiary/aromatic N) is 1. The van der Waals surface area contributed by atoms with Crippen LogP contribution in [0, 0.1) is 5.92 Å². The van der Waals surface area contributed by atoms with Gasteiger partial charge in [0.15, 0.2) is 11.5 Å². The van der Waals surface area contributed by atoms with Gasteiger partial charge in [-0.25, -0.2) is 0 Å². The van der Waals surface area contributed by atoms with Crippen LogP contribution in [0.25, 0.3) is 0 Å². The number of fused-ring (bicyclic) bond motifs is 1. The van der Waals surface area contributed by atoms with Gasteiger partial charge in [-0.05, 0) is 70.3 Å². The van der Waals surface area contributed by atoms with Crippen LogP contribution in [0.5, 0.6) is 11.5 Å². The average Bonchev–Trinajstić information content (AvgIpc) is 2.94. The molecule has 1 N–H and O–H groups in total. The molecule has 0 bridgehead atoms. The largest absolute Gasteiger partial charge is 0.493 e. The smallest absolute Gasteiger partial charge is 0.160 e. The quantitative estimate of drug-likeness (QED) is 0.909. The van der Waals surface area contributed by atoms with Gasteiger partial charge >= 0.3 is 0 Å². The Morgan fingerprint density at radius 3 is 2.26 bits per heavy atom. The third-order valence-electron chi connectivity index (χ3n) is 5.95. The van der Waals surface area contributed by atoms with Crippen LogP contribution in [0.1, 0.15) is 32.1 Å². The topological polar surface area (TPSA) is 33.7 Å². The van der Waals surface area contributed by atoms with Crippen molar-refractivity contribution in [3.05, 3.63) is 24.3 Å². The predicted octanol–water partition coefficient (Wildman–Crippen LogP) is 2.93. The number of hydrogen-bond donors (Lipinski definition) is 1. The van der Waals surface area contributed by atoms with Gasteiger partial charge in [-0.3, -0.25) is 0 Å². The van der Waals surface area contributed by atoms with Crippen molar-refractivity contribution in [1.82, 2.24) is 10.2 Å². The number of hydrogen-bond acceptors (Lipinski definition) is 4. The Morgan fingerprint density at radius 2 is 1.74 bits per heavy atom. The molecule has 2 saturated heterocycles. The molecule has 1 aliphatic carbocycles. The number of nitrogens with one attached hydrogen (secondary N) is 1. The van der Waals surface area contributed by atoms with Crippen LogP contribution in [0.4, 0.5) is 0 Å². The van der Waals surface area contributed by atoms with Crippen molar-refractivity contribution in [2.24, 2.45) is 5.92 Å². The van der Waals surface area contributed by atoms with E-state index in [2.05, 4.69) is 17.3 Å². The van der Waals surface area contributed by atoms with E-state index in [1.807, 2.05) is 24.3 Å². The summed E-state index contributed by atoms with van der Waals surface area (Å²) in [5.74, 6) is 2.56. The molecular weight excluding hydrogens is 288 g/mol. The maximum Gasteiger partial charge on any atom is 0.160 e. The van der Waals surface area contributed by atoms with Crippen molar-refractivity contribution in [3.8, 4) is 11.5 Å². The van der Waals surface area contributed by atoms with Gasteiger partial charge in [-0.1, -0.05) is 12.1 Å². The van der Waals surface area contributed by atoms with Crippen LogP contribution in [0.3, 0.4) is 0 Å². The van der Waals surface area contributed by atoms with Gasteiger partial charge in [0.25, 0.3) is 0 Å². The Labute approximate surface area is 140 Å². The Balaban J connectivity index is 0.000000142. The standard InChI is InChI=1S/C11H20N2.C8H10O2/c1-13-7-3-9-2-4-11(5-6-12-11)8-10(9)13;1-9-7-5-3-4-6-8(7)10-2/h9-10,12H,2-8H2,1H3;3-6H,1-2H3/t9?,10-,11?;/m0./s1. The molecule has 1 spiro atoms. The molecule has 3 aliphatic rings. The zero-order chi connectivity index (χ0) is 16.3. The lowest BCUT2D eigenvalue weighted by molar-refractivity contribution is 0.0724. The molecule has 0 amide bonds. The molecule has 1 aromatic rings. The zero-order valence-corrected chi connectivity index (χ0v) is 14.7. The fraction of sp³-hybridized carbons (Fsp3) is 0.684. The maximum atomic E-state index is 5.01. The van der Waals surface area contributed by atoms with Gasteiger partial charge < -0.3 is 19.7 Å². The highest BCUT2D eigenvalue weighted by Crippen LogP contribution is 2.43. The molecule has 1 aromatic carbocycles. The van der Waals surface area contributed by atoms with E-state index in [9.17, 15) is 0 Å². The van der Waals surface area contributed by atoms with Crippen LogP contribution in [-0.4, -0.2) is 50.8 Å². The number of benzene rings is 1. The SMILES string of the molecule is CN1CCC2CCC3(CCN3)C[C@@H]21.COc1ccccc1OC. The molecule has 3 fully saturated rings. The average molecular weight is 318 g/mol. The monoisotopic (exact) mass is 318 g/mol. The minimum absolute atomic E-state index is 0.583. The first-order chi connectivity index (χ1) is 11.2. The summed E-state index contributed by atoms with van der Waals surface area (Å²) in [4.78, 5) is 2.59. The molecule has 128 valence electrons. The molecule has 4 heteroatoms. The Hall–Kier alpha value is -1.26. The lowest BCUT2D eigenvalue weighted by atomic mass is 9.69. The van der Waals surface area contributed by atoms with Crippen molar-refractivity contribution >= 4 is 0 Å². The zero-order valence-electron chi connectivity index (χ0n) is 14.7. The van der Waals surface area contributed by atoms with E-state index >= 15 is 0 Å². The summed E-state index contributed by atoms with van der Waals surface area (Å²) in [5, 5.41) is 3.67. The highest BCUT2D eigenvalue weighted by molar-refractivity contribution is 5.39. The Kier molecular flexibility index (Phi) is 5.12. The molecule has 2 aliphatic heterocycles. The first-order valence-electron chi connectivity index (χ1n) is 8.80. The number of ether oxygens (including phenoxy) is 2. The van der Waals surface area contributed by atoms with E-state index < -0.39 is 0 Å². The van der Waals surface area contributed by atoms with Crippen molar-refractivity contribution in [2.45, 2.75) is 43.7 Å². The summed E-state index contributed by atoms with van der Waals surface area (Å²) in [6.07, 6.45) is 7.24. The summed E-state index contributed by atoms with van der Waals surface area (Å²) in [6, 6.07) is 8.43. The van der Waals surface area contributed by atoms with Gasteiger partial charge in [0.2, 0.25) is 0 Å². The van der Waals surface area contributed by atoms with E-state index in [1.165, 1.54) is 45.2 Å². The van der Waals surface area contributed by atoms with Crippen LogP contribution >= 0.6 is 0 Å². The highest BCUT2D eigenvalue weighted by Gasteiger charge is 2.47. The molecule has 23 heavy (non-hydrogen) atoms. The highest BCUT2D eigenvalue weighted by atomic mass is 16.5. The van der Waals surface area contributed by atoms with Crippen molar-refractivity contribution in [3.63, 3.8) is 0 Å².